The lowest BCUT2D eigenvalue weighted by Gasteiger charge is -2.32. The number of hydrogen-bond donors (Lipinski definition) is 0. The zero-order valence-electron chi connectivity index (χ0n) is 9.07. The molecule has 4 atom stereocenters. The average molecular weight is 288 g/mol. The second-order valence-corrected chi connectivity index (χ2v) is 7.87. The molecular formula is C10H12N2O2S3. The second kappa shape index (κ2) is 6.66. The molecule has 17 heavy (non-hydrogen) atoms. The first-order valence-electron chi connectivity index (χ1n) is 5.38. The van der Waals surface area contributed by atoms with E-state index in [0.717, 1.165) is 5.75 Å². The summed E-state index contributed by atoms with van der Waals surface area (Å²) in [5.41, 5.74) is 0. The number of carbonyl (C=O) groups excluding carboxylic acids is 2. The van der Waals surface area contributed by atoms with Crippen LogP contribution in [0, 0.1) is 0 Å². The fourth-order valence-corrected chi connectivity index (χ4v) is 6.95. The van der Waals surface area contributed by atoms with Crippen LogP contribution in [0.3, 0.4) is 0 Å². The maximum absolute atomic E-state index is 10.4. The van der Waals surface area contributed by atoms with Gasteiger partial charge in [-0.05, 0) is 18.6 Å². The van der Waals surface area contributed by atoms with E-state index in [1.807, 2.05) is 23.5 Å². The second-order valence-electron chi connectivity index (χ2n) is 3.79. The molecule has 0 aromatic carbocycles. The van der Waals surface area contributed by atoms with E-state index in [4.69, 9.17) is 0 Å². The SMILES string of the molecule is O=C=NC1CSC(C2CCCS2)SC1N=C=O. The van der Waals surface area contributed by atoms with Crippen LogP contribution in [-0.2, 0) is 9.59 Å². The van der Waals surface area contributed by atoms with Crippen LogP contribution >= 0.6 is 35.3 Å². The van der Waals surface area contributed by atoms with Crippen molar-refractivity contribution in [3.63, 3.8) is 0 Å². The largest absolute Gasteiger partial charge is 0.236 e. The fourth-order valence-electron chi connectivity index (χ4n) is 1.89. The molecule has 0 radical (unpaired) electrons. The topological polar surface area (TPSA) is 58.9 Å². The summed E-state index contributed by atoms with van der Waals surface area (Å²) in [6, 6.07) is -0.230. The Morgan fingerprint density at radius 1 is 1.12 bits per heavy atom. The summed E-state index contributed by atoms with van der Waals surface area (Å²) < 4.78 is 0.447. The summed E-state index contributed by atoms with van der Waals surface area (Å²) in [7, 11) is 0. The maximum atomic E-state index is 10.4. The van der Waals surface area contributed by atoms with E-state index in [9.17, 15) is 9.59 Å². The average Bonchev–Trinajstić information content (AvgIpc) is 2.85. The van der Waals surface area contributed by atoms with Crippen molar-refractivity contribution in [1.82, 2.24) is 0 Å². The molecule has 0 bridgehead atoms. The maximum Gasteiger partial charge on any atom is 0.236 e. The summed E-state index contributed by atoms with van der Waals surface area (Å²) in [5, 5.41) is 0.372. The van der Waals surface area contributed by atoms with Crippen LogP contribution < -0.4 is 0 Å². The molecule has 2 rings (SSSR count). The van der Waals surface area contributed by atoms with Gasteiger partial charge in [-0.2, -0.15) is 21.7 Å². The van der Waals surface area contributed by atoms with E-state index < -0.39 is 0 Å². The van der Waals surface area contributed by atoms with Crippen molar-refractivity contribution in [2.24, 2.45) is 9.98 Å². The van der Waals surface area contributed by atoms with Gasteiger partial charge < -0.3 is 0 Å². The highest BCUT2D eigenvalue weighted by atomic mass is 32.2. The van der Waals surface area contributed by atoms with Crippen LogP contribution in [0.4, 0.5) is 0 Å². The van der Waals surface area contributed by atoms with Crippen molar-refractivity contribution in [1.29, 1.82) is 0 Å². The Balaban J connectivity index is 2.02. The molecule has 4 nitrogen and oxygen atoms in total. The Labute approximate surface area is 112 Å². The Morgan fingerprint density at radius 3 is 2.59 bits per heavy atom. The lowest BCUT2D eigenvalue weighted by Crippen LogP contribution is -2.33. The lowest BCUT2D eigenvalue weighted by atomic mass is 10.3. The standard InChI is InChI=1S/C10H12N2O2S3/c13-5-11-7-4-16-10(8-2-1-3-15-8)17-9(7)12-6-14/h7-10H,1-4H2. The highest BCUT2D eigenvalue weighted by Gasteiger charge is 2.37. The fraction of sp³-hybridized carbons (Fsp3) is 0.800. The number of hydrogen-bond acceptors (Lipinski definition) is 7. The molecule has 4 unspecified atom stereocenters. The van der Waals surface area contributed by atoms with E-state index >= 15 is 0 Å². The number of nitrogens with zero attached hydrogens (tertiary/aromatic N) is 2. The van der Waals surface area contributed by atoms with Crippen LogP contribution in [-0.4, -0.2) is 44.9 Å². The minimum Gasteiger partial charge on any atom is -0.211 e. The van der Waals surface area contributed by atoms with Crippen molar-refractivity contribution in [3.8, 4) is 0 Å². The molecule has 0 aromatic heterocycles. The van der Waals surface area contributed by atoms with Crippen molar-refractivity contribution in [2.75, 3.05) is 11.5 Å². The lowest BCUT2D eigenvalue weighted by molar-refractivity contribution is 0.551. The zero-order valence-corrected chi connectivity index (χ0v) is 11.5. The minimum absolute atomic E-state index is 0.230. The Morgan fingerprint density at radius 2 is 1.94 bits per heavy atom. The van der Waals surface area contributed by atoms with E-state index in [-0.39, 0.29) is 11.4 Å². The first-order chi connectivity index (χ1) is 8.35. The van der Waals surface area contributed by atoms with Crippen LogP contribution in [0.25, 0.3) is 0 Å². The van der Waals surface area contributed by atoms with Gasteiger partial charge in [0.2, 0.25) is 12.2 Å². The van der Waals surface area contributed by atoms with Gasteiger partial charge in [0, 0.05) is 11.0 Å². The van der Waals surface area contributed by atoms with Gasteiger partial charge in [0.1, 0.15) is 11.4 Å². The van der Waals surface area contributed by atoms with Gasteiger partial charge in [-0.1, -0.05) is 0 Å². The summed E-state index contributed by atoms with van der Waals surface area (Å²) in [6.45, 7) is 0. The number of isocyanates is 2. The summed E-state index contributed by atoms with van der Waals surface area (Å²) in [6.07, 6.45) is 5.65. The van der Waals surface area contributed by atoms with Crippen LogP contribution in [0.1, 0.15) is 12.8 Å². The Kier molecular flexibility index (Phi) is 5.19. The minimum atomic E-state index is -0.263. The molecule has 2 aliphatic heterocycles. The first kappa shape index (κ1) is 13.2. The molecular weight excluding hydrogens is 276 g/mol. The van der Waals surface area contributed by atoms with Crippen molar-refractivity contribution in [3.05, 3.63) is 0 Å². The third-order valence-electron chi connectivity index (χ3n) is 2.70. The Bertz CT molecular complexity index is 361. The van der Waals surface area contributed by atoms with E-state index in [1.54, 1.807) is 23.9 Å². The van der Waals surface area contributed by atoms with Gasteiger partial charge in [0.25, 0.3) is 0 Å². The molecule has 2 saturated heterocycles. The van der Waals surface area contributed by atoms with Crippen LogP contribution in [0.15, 0.2) is 9.98 Å². The quantitative estimate of drug-likeness (QED) is 0.587. The van der Waals surface area contributed by atoms with Gasteiger partial charge in [0.05, 0.1) is 4.58 Å². The summed E-state index contributed by atoms with van der Waals surface area (Å²) in [4.78, 5) is 28.2. The van der Waals surface area contributed by atoms with Crippen molar-refractivity contribution < 1.29 is 9.59 Å². The van der Waals surface area contributed by atoms with Crippen LogP contribution in [0.5, 0.6) is 0 Å². The van der Waals surface area contributed by atoms with Gasteiger partial charge in [-0.15, -0.1) is 23.5 Å². The van der Waals surface area contributed by atoms with Gasteiger partial charge >= 0.3 is 0 Å². The molecule has 2 heterocycles. The van der Waals surface area contributed by atoms with E-state index in [1.165, 1.54) is 18.6 Å². The molecule has 2 fully saturated rings. The molecule has 0 aliphatic carbocycles. The highest BCUT2D eigenvalue weighted by Crippen LogP contribution is 2.46. The van der Waals surface area contributed by atoms with Gasteiger partial charge in [0.15, 0.2) is 0 Å². The first-order valence-corrected chi connectivity index (χ1v) is 8.42. The Hall–Kier alpha value is -0.190. The van der Waals surface area contributed by atoms with Crippen LogP contribution in [0.2, 0.25) is 0 Å². The van der Waals surface area contributed by atoms with Crippen molar-refractivity contribution in [2.45, 2.75) is 34.1 Å². The summed E-state index contributed by atoms with van der Waals surface area (Å²) >= 11 is 5.45. The molecule has 0 amide bonds. The monoisotopic (exact) mass is 288 g/mol. The molecule has 0 aromatic rings. The number of rotatable bonds is 3. The van der Waals surface area contributed by atoms with E-state index in [2.05, 4.69) is 9.98 Å². The third kappa shape index (κ3) is 3.39. The number of thioether (sulfide) groups is 3. The summed E-state index contributed by atoms with van der Waals surface area (Å²) in [5.74, 6) is 1.96. The molecule has 0 N–H and O–H groups in total. The molecule has 0 saturated carbocycles. The van der Waals surface area contributed by atoms with Gasteiger partial charge in [-0.3, -0.25) is 0 Å². The molecule has 0 spiro atoms. The predicted molar refractivity (Wildman–Crippen MR) is 73.1 cm³/mol. The zero-order chi connectivity index (χ0) is 12.1. The number of aliphatic imine (C=N–C) groups is 2. The van der Waals surface area contributed by atoms with Crippen molar-refractivity contribution >= 4 is 47.4 Å². The molecule has 7 heteroatoms. The normalized spacial score (nSPS) is 36.9. The highest BCUT2D eigenvalue weighted by molar-refractivity contribution is 8.19. The molecule has 2 aliphatic rings. The van der Waals surface area contributed by atoms with Gasteiger partial charge in [-0.25, -0.2) is 9.59 Å². The smallest absolute Gasteiger partial charge is 0.211 e. The predicted octanol–water partition coefficient (Wildman–Crippen LogP) is 2.05. The molecule has 92 valence electrons. The van der Waals surface area contributed by atoms with E-state index in [0.29, 0.717) is 9.83 Å². The third-order valence-corrected chi connectivity index (χ3v) is 7.73.